The third kappa shape index (κ3) is 2.07. The summed E-state index contributed by atoms with van der Waals surface area (Å²) in [5.41, 5.74) is 7.79. The van der Waals surface area contributed by atoms with Crippen LogP contribution in [0.25, 0.3) is 0 Å². The van der Waals surface area contributed by atoms with E-state index in [1.165, 1.54) is 0 Å². The van der Waals surface area contributed by atoms with E-state index in [9.17, 15) is 9.90 Å². The van der Waals surface area contributed by atoms with Gasteiger partial charge in [0.05, 0.1) is 11.8 Å². The van der Waals surface area contributed by atoms with Crippen LogP contribution in [-0.4, -0.2) is 34.0 Å². The van der Waals surface area contributed by atoms with Crippen LogP contribution in [0.1, 0.15) is 22.8 Å². The van der Waals surface area contributed by atoms with Crippen LogP contribution >= 0.6 is 0 Å². The lowest BCUT2D eigenvalue weighted by Crippen LogP contribution is -2.44. The van der Waals surface area contributed by atoms with Gasteiger partial charge < -0.3 is 10.8 Å². The number of hydrogen-bond donors (Lipinski definition) is 2. The number of carbonyl (C=O) groups is 1. The fourth-order valence-corrected chi connectivity index (χ4v) is 1.66. The summed E-state index contributed by atoms with van der Waals surface area (Å²) in [5, 5.41) is 14.8. The van der Waals surface area contributed by atoms with Crippen LogP contribution in [0.4, 0.5) is 0 Å². The van der Waals surface area contributed by atoms with Gasteiger partial charge in [0, 0.05) is 5.56 Å². The molecule has 0 radical (unpaired) electrons. The molecule has 1 aliphatic heterocycles. The van der Waals surface area contributed by atoms with Gasteiger partial charge in [0.15, 0.2) is 6.23 Å². The lowest BCUT2D eigenvalue weighted by atomic mass is 10.1. The Balaban J connectivity index is 2.24. The van der Waals surface area contributed by atoms with E-state index >= 15 is 0 Å². The van der Waals surface area contributed by atoms with Gasteiger partial charge in [0.2, 0.25) is 0 Å². The highest BCUT2D eigenvalue weighted by atomic mass is 16.3. The van der Waals surface area contributed by atoms with Gasteiger partial charge in [-0.2, -0.15) is 10.1 Å². The zero-order valence-corrected chi connectivity index (χ0v) is 9.79. The van der Waals surface area contributed by atoms with E-state index in [2.05, 4.69) is 5.10 Å². The fraction of sp³-hybridized carbons (Fsp3) is 0.333. The van der Waals surface area contributed by atoms with E-state index in [-0.39, 0.29) is 5.91 Å². The van der Waals surface area contributed by atoms with Crippen LogP contribution in [0.5, 0.6) is 0 Å². The minimum absolute atomic E-state index is 0.343. The van der Waals surface area contributed by atoms with Crippen molar-refractivity contribution in [3.8, 4) is 0 Å². The van der Waals surface area contributed by atoms with Crippen LogP contribution < -0.4 is 5.73 Å². The molecule has 0 saturated heterocycles. The molecule has 5 nitrogen and oxygen atoms in total. The summed E-state index contributed by atoms with van der Waals surface area (Å²) in [5.74, 6) is -0.343. The number of nitrogens with zero attached hydrogens (tertiary/aromatic N) is 2. The first kappa shape index (κ1) is 11.8. The molecule has 1 amide bonds. The molecule has 90 valence electrons. The molecule has 1 aliphatic rings. The maximum Gasteiger partial charge on any atom is 0.276 e. The Bertz CT molecular complexity index is 467. The van der Waals surface area contributed by atoms with Gasteiger partial charge in [0.25, 0.3) is 5.91 Å². The number of carbonyl (C=O) groups excluding carboxylic acids is 1. The SMILES string of the molecule is CC1=NN(C(=O)c2ccc(C)cc2)C(O)C1N. The number of hydrazone groups is 1. The lowest BCUT2D eigenvalue weighted by molar-refractivity contribution is 0.0157. The predicted molar refractivity (Wildman–Crippen MR) is 64.4 cm³/mol. The predicted octanol–water partition coefficient (Wildman–Crippen LogP) is 0.472. The van der Waals surface area contributed by atoms with E-state index in [0.717, 1.165) is 10.6 Å². The first-order chi connectivity index (χ1) is 8.00. The number of amides is 1. The fourth-order valence-electron chi connectivity index (χ4n) is 1.66. The minimum atomic E-state index is -1.08. The number of aryl methyl sites for hydroxylation is 1. The Morgan fingerprint density at radius 2 is 1.94 bits per heavy atom. The maximum atomic E-state index is 12.1. The smallest absolute Gasteiger partial charge is 0.276 e. The Labute approximate surface area is 99.5 Å². The molecule has 1 aromatic carbocycles. The molecule has 1 aromatic rings. The summed E-state index contributed by atoms with van der Waals surface area (Å²) in [6.45, 7) is 3.63. The molecule has 17 heavy (non-hydrogen) atoms. The van der Waals surface area contributed by atoms with Gasteiger partial charge in [-0.3, -0.25) is 4.79 Å². The third-order valence-electron chi connectivity index (χ3n) is 2.83. The molecule has 3 N–H and O–H groups in total. The molecule has 5 heteroatoms. The summed E-state index contributed by atoms with van der Waals surface area (Å²) >= 11 is 0. The summed E-state index contributed by atoms with van der Waals surface area (Å²) in [6.07, 6.45) is -1.08. The average molecular weight is 233 g/mol. The van der Waals surface area contributed by atoms with Crippen LogP contribution in [0.2, 0.25) is 0 Å². The van der Waals surface area contributed by atoms with Crippen LogP contribution in [0, 0.1) is 6.92 Å². The molecular formula is C12H15N3O2. The van der Waals surface area contributed by atoms with Crippen molar-refractivity contribution < 1.29 is 9.90 Å². The molecule has 0 saturated carbocycles. The van der Waals surface area contributed by atoms with Crippen molar-refractivity contribution in [1.29, 1.82) is 0 Å². The van der Waals surface area contributed by atoms with Crippen LogP contribution in [-0.2, 0) is 0 Å². The first-order valence-electron chi connectivity index (χ1n) is 5.39. The number of rotatable bonds is 1. The van der Waals surface area contributed by atoms with Gasteiger partial charge in [0.1, 0.15) is 0 Å². The minimum Gasteiger partial charge on any atom is -0.370 e. The average Bonchev–Trinajstić information content (AvgIpc) is 2.57. The van der Waals surface area contributed by atoms with Gasteiger partial charge >= 0.3 is 0 Å². The number of aliphatic hydroxyl groups excluding tert-OH is 1. The standard InChI is InChI=1S/C12H15N3O2/c1-7-3-5-9(6-4-7)11(16)15-12(17)10(13)8(2)14-15/h3-6,10,12,17H,13H2,1-2H3. The van der Waals surface area contributed by atoms with E-state index in [1.807, 2.05) is 19.1 Å². The van der Waals surface area contributed by atoms with Crippen LogP contribution in [0.15, 0.2) is 29.4 Å². The molecule has 1 heterocycles. The number of aliphatic hydroxyl groups is 1. The summed E-state index contributed by atoms with van der Waals surface area (Å²) in [4.78, 5) is 12.1. The Kier molecular flexibility index (Phi) is 2.95. The zero-order chi connectivity index (χ0) is 12.6. The molecule has 2 atom stereocenters. The van der Waals surface area contributed by atoms with Gasteiger partial charge in [-0.1, -0.05) is 17.7 Å². The number of benzene rings is 1. The maximum absolute atomic E-state index is 12.1. The molecule has 0 spiro atoms. The molecular weight excluding hydrogens is 218 g/mol. The van der Waals surface area contributed by atoms with E-state index in [0.29, 0.717) is 11.3 Å². The van der Waals surface area contributed by atoms with Gasteiger partial charge in [-0.05, 0) is 26.0 Å². The molecule has 0 aliphatic carbocycles. The highest BCUT2D eigenvalue weighted by Gasteiger charge is 2.35. The second kappa shape index (κ2) is 4.27. The first-order valence-corrected chi connectivity index (χ1v) is 5.39. The molecule has 2 rings (SSSR count). The topological polar surface area (TPSA) is 78.9 Å². The second-order valence-corrected chi connectivity index (χ2v) is 4.20. The summed E-state index contributed by atoms with van der Waals surface area (Å²) in [6, 6.07) is 6.49. The van der Waals surface area contributed by atoms with Crippen molar-refractivity contribution in [1.82, 2.24) is 5.01 Å². The van der Waals surface area contributed by atoms with Gasteiger partial charge in [-0.15, -0.1) is 0 Å². The number of nitrogens with two attached hydrogens (primary N) is 1. The quantitative estimate of drug-likeness (QED) is 0.740. The van der Waals surface area contributed by atoms with Crippen molar-refractivity contribution >= 4 is 11.6 Å². The molecule has 2 unspecified atom stereocenters. The Morgan fingerprint density at radius 3 is 2.41 bits per heavy atom. The molecule has 0 bridgehead atoms. The normalized spacial score (nSPS) is 23.8. The Hall–Kier alpha value is -1.72. The highest BCUT2D eigenvalue weighted by Crippen LogP contribution is 2.16. The monoisotopic (exact) mass is 233 g/mol. The Morgan fingerprint density at radius 1 is 1.35 bits per heavy atom. The van der Waals surface area contributed by atoms with Gasteiger partial charge in [-0.25, -0.2) is 0 Å². The largest absolute Gasteiger partial charge is 0.370 e. The number of hydrogen-bond acceptors (Lipinski definition) is 4. The summed E-state index contributed by atoms with van der Waals surface area (Å²) in [7, 11) is 0. The highest BCUT2D eigenvalue weighted by molar-refractivity contribution is 5.98. The molecule has 0 fully saturated rings. The van der Waals surface area contributed by atoms with Crippen LogP contribution in [0.3, 0.4) is 0 Å². The van der Waals surface area contributed by atoms with E-state index < -0.39 is 12.3 Å². The van der Waals surface area contributed by atoms with Crippen molar-refractivity contribution in [2.45, 2.75) is 26.1 Å². The summed E-state index contributed by atoms with van der Waals surface area (Å²) < 4.78 is 0. The third-order valence-corrected chi connectivity index (χ3v) is 2.83. The zero-order valence-electron chi connectivity index (χ0n) is 9.79. The van der Waals surface area contributed by atoms with Crippen molar-refractivity contribution in [3.63, 3.8) is 0 Å². The van der Waals surface area contributed by atoms with Crippen molar-refractivity contribution in [2.75, 3.05) is 0 Å². The molecule has 0 aromatic heterocycles. The van der Waals surface area contributed by atoms with E-state index in [4.69, 9.17) is 5.73 Å². The van der Waals surface area contributed by atoms with Crippen molar-refractivity contribution in [2.24, 2.45) is 10.8 Å². The van der Waals surface area contributed by atoms with Crippen molar-refractivity contribution in [3.05, 3.63) is 35.4 Å². The lowest BCUT2D eigenvalue weighted by Gasteiger charge is -2.19. The van der Waals surface area contributed by atoms with E-state index in [1.54, 1.807) is 19.1 Å². The second-order valence-electron chi connectivity index (χ2n) is 4.20.